The van der Waals surface area contributed by atoms with Crippen LogP contribution in [0.4, 0.5) is 11.5 Å². The summed E-state index contributed by atoms with van der Waals surface area (Å²) < 4.78 is 1.79. The summed E-state index contributed by atoms with van der Waals surface area (Å²) in [4.78, 5) is 6.37. The second-order valence-corrected chi connectivity index (χ2v) is 4.30. The molecule has 0 atom stereocenters. The van der Waals surface area contributed by atoms with E-state index in [1.807, 2.05) is 50.6 Å². The molecule has 90 valence electrons. The lowest BCUT2D eigenvalue weighted by Crippen LogP contribution is -2.19. The molecular formula is C12H17N5. The fourth-order valence-corrected chi connectivity index (χ4v) is 1.81. The number of aryl methyl sites for hydroxylation is 2. The standard InChI is InChI=1S/C12H17N5/c1-9-4-11(13)12(14-5-9)16(2)7-10-6-15-17(3)8-10/h4-6,8H,7,13H2,1-3H3. The number of pyridine rings is 1. The van der Waals surface area contributed by atoms with Crippen molar-refractivity contribution in [2.24, 2.45) is 7.05 Å². The van der Waals surface area contributed by atoms with E-state index in [0.29, 0.717) is 5.69 Å². The molecule has 2 aromatic rings. The van der Waals surface area contributed by atoms with Gasteiger partial charge < -0.3 is 10.6 Å². The summed E-state index contributed by atoms with van der Waals surface area (Å²) in [5.41, 5.74) is 8.87. The summed E-state index contributed by atoms with van der Waals surface area (Å²) in [5, 5.41) is 4.14. The normalized spacial score (nSPS) is 10.5. The molecule has 5 nitrogen and oxygen atoms in total. The Kier molecular flexibility index (Phi) is 2.99. The van der Waals surface area contributed by atoms with Crippen LogP contribution in [0.25, 0.3) is 0 Å². The third-order valence-electron chi connectivity index (χ3n) is 2.57. The first-order valence-electron chi connectivity index (χ1n) is 5.47. The third kappa shape index (κ3) is 2.55. The number of nitrogens with zero attached hydrogens (tertiary/aromatic N) is 4. The maximum atomic E-state index is 5.96. The van der Waals surface area contributed by atoms with E-state index in [2.05, 4.69) is 10.1 Å². The van der Waals surface area contributed by atoms with Gasteiger partial charge in [-0.15, -0.1) is 0 Å². The predicted molar refractivity (Wildman–Crippen MR) is 68.7 cm³/mol. The van der Waals surface area contributed by atoms with Crippen LogP contribution in [0.5, 0.6) is 0 Å². The Hall–Kier alpha value is -2.04. The lowest BCUT2D eigenvalue weighted by atomic mass is 10.2. The first-order valence-corrected chi connectivity index (χ1v) is 5.47. The molecule has 0 radical (unpaired) electrons. The summed E-state index contributed by atoms with van der Waals surface area (Å²) in [6.07, 6.45) is 5.66. The minimum absolute atomic E-state index is 0.705. The molecule has 2 N–H and O–H groups in total. The Balaban J connectivity index is 2.17. The highest BCUT2D eigenvalue weighted by molar-refractivity contribution is 5.62. The third-order valence-corrected chi connectivity index (χ3v) is 2.57. The molecular weight excluding hydrogens is 214 g/mol. The SMILES string of the molecule is Cc1cnc(N(C)Cc2cnn(C)c2)c(N)c1. The quantitative estimate of drug-likeness (QED) is 0.866. The van der Waals surface area contributed by atoms with Crippen molar-refractivity contribution >= 4 is 11.5 Å². The maximum Gasteiger partial charge on any atom is 0.151 e. The van der Waals surface area contributed by atoms with Gasteiger partial charge in [0.25, 0.3) is 0 Å². The molecule has 0 fully saturated rings. The van der Waals surface area contributed by atoms with E-state index in [-0.39, 0.29) is 0 Å². The van der Waals surface area contributed by atoms with Crippen LogP contribution in [0, 0.1) is 6.92 Å². The van der Waals surface area contributed by atoms with Crippen LogP contribution >= 0.6 is 0 Å². The zero-order chi connectivity index (χ0) is 12.4. The Labute approximate surface area is 101 Å². The van der Waals surface area contributed by atoms with Gasteiger partial charge >= 0.3 is 0 Å². The van der Waals surface area contributed by atoms with Crippen LogP contribution in [0.15, 0.2) is 24.7 Å². The zero-order valence-corrected chi connectivity index (χ0v) is 10.4. The minimum Gasteiger partial charge on any atom is -0.396 e. The Morgan fingerprint density at radius 2 is 2.18 bits per heavy atom. The van der Waals surface area contributed by atoms with Crippen LogP contribution in [0.2, 0.25) is 0 Å². The molecule has 0 aliphatic heterocycles. The van der Waals surface area contributed by atoms with Gasteiger partial charge in [0.05, 0.1) is 11.9 Å². The zero-order valence-electron chi connectivity index (χ0n) is 10.4. The average molecular weight is 231 g/mol. The number of hydrogen-bond acceptors (Lipinski definition) is 4. The predicted octanol–water partition coefficient (Wildman–Crippen LogP) is 1.34. The number of anilines is 2. The van der Waals surface area contributed by atoms with Crippen molar-refractivity contribution in [2.45, 2.75) is 13.5 Å². The summed E-state index contributed by atoms with van der Waals surface area (Å²) in [5.74, 6) is 0.805. The second kappa shape index (κ2) is 4.45. The molecule has 2 heterocycles. The average Bonchev–Trinajstić information content (AvgIpc) is 2.63. The van der Waals surface area contributed by atoms with Crippen molar-refractivity contribution < 1.29 is 0 Å². The molecule has 2 rings (SSSR count). The van der Waals surface area contributed by atoms with Gasteiger partial charge in [-0.25, -0.2) is 4.98 Å². The fourth-order valence-electron chi connectivity index (χ4n) is 1.81. The molecule has 0 unspecified atom stereocenters. The lowest BCUT2D eigenvalue weighted by molar-refractivity contribution is 0.766. The van der Waals surface area contributed by atoms with Gasteiger partial charge in [-0.3, -0.25) is 4.68 Å². The largest absolute Gasteiger partial charge is 0.396 e. The molecule has 17 heavy (non-hydrogen) atoms. The summed E-state index contributed by atoms with van der Waals surface area (Å²) in [7, 11) is 3.88. The van der Waals surface area contributed by atoms with Crippen molar-refractivity contribution in [1.29, 1.82) is 0 Å². The van der Waals surface area contributed by atoms with Crippen molar-refractivity contribution in [3.05, 3.63) is 35.8 Å². The summed E-state index contributed by atoms with van der Waals surface area (Å²) in [6.45, 7) is 2.72. The van der Waals surface area contributed by atoms with E-state index in [1.165, 1.54) is 0 Å². The van der Waals surface area contributed by atoms with Gasteiger partial charge in [0, 0.05) is 38.6 Å². The van der Waals surface area contributed by atoms with Crippen molar-refractivity contribution in [3.8, 4) is 0 Å². The first-order chi connectivity index (χ1) is 8.06. The van der Waals surface area contributed by atoms with Crippen LogP contribution in [0.1, 0.15) is 11.1 Å². The van der Waals surface area contributed by atoms with Crippen LogP contribution in [-0.2, 0) is 13.6 Å². The highest BCUT2D eigenvalue weighted by Gasteiger charge is 2.08. The molecule has 0 amide bonds. The molecule has 5 heteroatoms. The number of nitrogens with two attached hydrogens (primary N) is 1. The highest BCUT2D eigenvalue weighted by Crippen LogP contribution is 2.21. The summed E-state index contributed by atoms with van der Waals surface area (Å²) in [6, 6.07) is 1.93. The van der Waals surface area contributed by atoms with Gasteiger partial charge in [-0.2, -0.15) is 5.10 Å². The molecule has 0 saturated carbocycles. The van der Waals surface area contributed by atoms with Crippen molar-refractivity contribution in [3.63, 3.8) is 0 Å². The summed E-state index contributed by atoms with van der Waals surface area (Å²) >= 11 is 0. The van der Waals surface area contributed by atoms with Crippen molar-refractivity contribution in [2.75, 3.05) is 17.7 Å². The first kappa shape index (κ1) is 11.4. The van der Waals surface area contributed by atoms with Gasteiger partial charge in [-0.1, -0.05) is 0 Å². The second-order valence-electron chi connectivity index (χ2n) is 4.30. The molecule has 0 saturated heterocycles. The minimum atomic E-state index is 0.705. The van der Waals surface area contributed by atoms with E-state index in [4.69, 9.17) is 5.73 Å². The van der Waals surface area contributed by atoms with Crippen molar-refractivity contribution in [1.82, 2.24) is 14.8 Å². The van der Waals surface area contributed by atoms with E-state index in [9.17, 15) is 0 Å². The molecule has 2 aromatic heterocycles. The van der Waals surface area contributed by atoms with Gasteiger partial charge in [0.15, 0.2) is 5.82 Å². The Bertz CT molecular complexity index is 517. The van der Waals surface area contributed by atoms with Crippen LogP contribution in [-0.4, -0.2) is 21.8 Å². The van der Waals surface area contributed by atoms with Gasteiger partial charge in [-0.05, 0) is 18.6 Å². The number of hydrogen-bond donors (Lipinski definition) is 1. The van der Waals surface area contributed by atoms with E-state index < -0.39 is 0 Å². The van der Waals surface area contributed by atoms with Gasteiger partial charge in [0.2, 0.25) is 0 Å². The van der Waals surface area contributed by atoms with E-state index >= 15 is 0 Å². The monoisotopic (exact) mass is 231 g/mol. The van der Waals surface area contributed by atoms with Gasteiger partial charge in [0.1, 0.15) is 0 Å². The smallest absolute Gasteiger partial charge is 0.151 e. The Morgan fingerprint density at radius 3 is 2.76 bits per heavy atom. The molecule has 0 aliphatic rings. The Morgan fingerprint density at radius 1 is 1.41 bits per heavy atom. The molecule has 0 aliphatic carbocycles. The molecule has 0 bridgehead atoms. The van der Waals surface area contributed by atoms with Crippen LogP contribution < -0.4 is 10.6 Å². The fraction of sp³-hybridized carbons (Fsp3) is 0.333. The molecule has 0 aromatic carbocycles. The maximum absolute atomic E-state index is 5.96. The highest BCUT2D eigenvalue weighted by atomic mass is 15.2. The molecule has 0 spiro atoms. The number of rotatable bonds is 3. The van der Waals surface area contributed by atoms with E-state index in [1.54, 1.807) is 4.68 Å². The number of nitrogen functional groups attached to an aromatic ring is 1. The van der Waals surface area contributed by atoms with E-state index in [0.717, 1.165) is 23.5 Å². The topological polar surface area (TPSA) is 60.0 Å². The number of aromatic nitrogens is 3. The lowest BCUT2D eigenvalue weighted by Gasteiger charge is -2.19. The van der Waals surface area contributed by atoms with Crippen LogP contribution in [0.3, 0.4) is 0 Å².